The van der Waals surface area contributed by atoms with Gasteiger partial charge in [-0.3, -0.25) is 0 Å². The Kier molecular flexibility index (Phi) is 6.22. The van der Waals surface area contributed by atoms with Crippen molar-refractivity contribution in [2.45, 2.75) is 44.9 Å². The second-order valence-electron chi connectivity index (χ2n) is 8.09. The SMILES string of the molecule is CCC(Cc1cc(O)c(C(CC)c2ccccc2)c(=O)o1)c1ccc2ccccc2c1. The monoisotopic (exact) mass is 412 g/mol. The molecule has 31 heavy (non-hydrogen) atoms. The lowest BCUT2D eigenvalue weighted by Crippen LogP contribution is -2.15. The summed E-state index contributed by atoms with van der Waals surface area (Å²) in [4.78, 5) is 12.9. The molecule has 3 aromatic carbocycles. The summed E-state index contributed by atoms with van der Waals surface area (Å²) in [5, 5.41) is 13.2. The first-order chi connectivity index (χ1) is 15.1. The van der Waals surface area contributed by atoms with Crippen LogP contribution in [0.15, 0.2) is 88.1 Å². The Balaban J connectivity index is 1.64. The molecular weight excluding hydrogens is 384 g/mol. The molecule has 4 rings (SSSR count). The van der Waals surface area contributed by atoms with Crippen molar-refractivity contribution in [3.8, 4) is 5.75 Å². The molecule has 1 N–H and O–H groups in total. The Morgan fingerprint density at radius 3 is 2.19 bits per heavy atom. The normalized spacial score (nSPS) is 13.2. The van der Waals surface area contributed by atoms with E-state index in [1.54, 1.807) is 6.07 Å². The summed E-state index contributed by atoms with van der Waals surface area (Å²) in [6, 6.07) is 26.2. The van der Waals surface area contributed by atoms with E-state index in [0.29, 0.717) is 24.2 Å². The number of aromatic hydroxyl groups is 1. The molecule has 0 radical (unpaired) electrons. The van der Waals surface area contributed by atoms with Crippen molar-refractivity contribution in [3.05, 3.63) is 112 Å². The highest BCUT2D eigenvalue weighted by Crippen LogP contribution is 2.33. The zero-order chi connectivity index (χ0) is 21.8. The Bertz CT molecular complexity index is 1220. The van der Waals surface area contributed by atoms with Gasteiger partial charge in [0.05, 0.1) is 5.56 Å². The first kappa shape index (κ1) is 20.9. The molecule has 0 aliphatic heterocycles. The van der Waals surface area contributed by atoms with E-state index in [9.17, 15) is 9.90 Å². The maximum atomic E-state index is 12.9. The van der Waals surface area contributed by atoms with Gasteiger partial charge in [-0.05, 0) is 40.7 Å². The molecule has 0 aliphatic carbocycles. The van der Waals surface area contributed by atoms with E-state index < -0.39 is 5.63 Å². The van der Waals surface area contributed by atoms with Crippen LogP contribution in [0.5, 0.6) is 5.75 Å². The summed E-state index contributed by atoms with van der Waals surface area (Å²) in [5.41, 5.74) is 2.11. The topological polar surface area (TPSA) is 50.4 Å². The predicted octanol–water partition coefficient (Wildman–Crippen LogP) is 6.78. The van der Waals surface area contributed by atoms with E-state index >= 15 is 0 Å². The molecule has 0 spiro atoms. The smallest absolute Gasteiger partial charge is 0.343 e. The van der Waals surface area contributed by atoms with E-state index in [1.165, 1.54) is 16.3 Å². The number of hydrogen-bond acceptors (Lipinski definition) is 3. The predicted molar refractivity (Wildman–Crippen MR) is 126 cm³/mol. The van der Waals surface area contributed by atoms with Crippen LogP contribution in [0.2, 0.25) is 0 Å². The van der Waals surface area contributed by atoms with Crippen molar-refractivity contribution in [2.75, 3.05) is 0 Å². The maximum Gasteiger partial charge on any atom is 0.343 e. The summed E-state index contributed by atoms with van der Waals surface area (Å²) < 4.78 is 5.72. The van der Waals surface area contributed by atoms with Crippen LogP contribution in [-0.4, -0.2) is 5.11 Å². The molecule has 0 fully saturated rings. The highest BCUT2D eigenvalue weighted by atomic mass is 16.4. The van der Waals surface area contributed by atoms with Gasteiger partial charge in [0, 0.05) is 18.4 Å². The van der Waals surface area contributed by atoms with Crippen LogP contribution < -0.4 is 5.63 Å². The van der Waals surface area contributed by atoms with E-state index in [1.807, 2.05) is 49.4 Å². The van der Waals surface area contributed by atoms with E-state index in [4.69, 9.17) is 4.42 Å². The molecule has 3 heteroatoms. The van der Waals surface area contributed by atoms with Crippen molar-refractivity contribution in [2.24, 2.45) is 0 Å². The third-order valence-electron chi connectivity index (χ3n) is 6.16. The van der Waals surface area contributed by atoms with Gasteiger partial charge < -0.3 is 9.52 Å². The fraction of sp³-hybridized carbons (Fsp3) is 0.250. The van der Waals surface area contributed by atoms with Gasteiger partial charge in [-0.25, -0.2) is 4.79 Å². The molecule has 2 unspecified atom stereocenters. The lowest BCUT2D eigenvalue weighted by molar-refractivity contribution is 0.397. The summed E-state index contributed by atoms with van der Waals surface area (Å²) in [6.07, 6.45) is 2.18. The van der Waals surface area contributed by atoms with Gasteiger partial charge in [-0.2, -0.15) is 0 Å². The van der Waals surface area contributed by atoms with Crippen LogP contribution in [0.3, 0.4) is 0 Å². The summed E-state index contributed by atoms with van der Waals surface area (Å²) in [7, 11) is 0. The van der Waals surface area contributed by atoms with Crippen LogP contribution >= 0.6 is 0 Å². The average Bonchev–Trinajstić information content (AvgIpc) is 2.80. The van der Waals surface area contributed by atoms with Gasteiger partial charge in [-0.1, -0.05) is 86.6 Å². The average molecular weight is 413 g/mol. The Hall–Kier alpha value is -3.33. The third-order valence-corrected chi connectivity index (χ3v) is 6.16. The third kappa shape index (κ3) is 4.41. The fourth-order valence-corrected chi connectivity index (χ4v) is 4.45. The van der Waals surface area contributed by atoms with E-state index in [-0.39, 0.29) is 17.6 Å². The number of hydrogen-bond donors (Lipinski definition) is 1. The van der Waals surface area contributed by atoms with Gasteiger partial charge in [-0.15, -0.1) is 0 Å². The van der Waals surface area contributed by atoms with Crippen LogP contribution in [0, 0.1) is 0 Å². The van der Waals surface area contributed by atoms with Gasteiger partial charge in [0.1, 0.15) is 11.5 Å². The lowest BCUT2D eigenvalue weighted by Gasteiger charge is -2.18. The molecule has 0 bridgehead atoms. The van der Waals surface area contributed by atoms with Gasteiger partial charge in [0.2, 0.25) is 0 Å². The molecule has 0 saturated carbocycles. The standard InChI is InChI=1S/C28H28O3/c1-3-19(23-15-14-20-10-8-9-13-22(20)16-23)17-24-18-26(29)27(28(30)31-24)25(4-2)21-11-6-5-7-12-21/h5-16,18-19,25,29H,3-4,17H2,1-2H3. The molecule has 0 saturated heterocycles. The van der Waals surface area contributed by atoms with Crippen LogP contribution in [0.1, 0.15) is 61.0 Å². The van der Waals surface area contributed by atoms with Gasteiger partial charge in [0.25, 0.3) is 0 Å². The van der Waals surface area contributed by atoms with Crippen molar-refractivity contribution >= 4 is 10.8 Å². The summed E-state index contributed by atoms with van der Waals surface area (Å²) >= 11 is 0. The summed E-state index contributed by atoms with van der Waals surface area (Å²) in [5.74, 6) is 0.563. The first-order valence-corrected chi connectivity index (χ1v) is 11.0. The largest absolute Gasteiger partial charge is 0.507 e. The molecule has 158 valence electrons. The Labute approximate surface area is 183 Å². The van der Waals surface area contributed by atoms with Crippen molar-refractivity contribution in [1.29, 1.82) is 0 Å². The highest BCUT2D eigenvalue weighted by molar-refractivity contribution is 5.83. The Morgan fingerprint density at radius 1 is 0.806 bits per heavy atom. The molecule has 2 atom stereocenters. The second-order valence-corrected chi connectivity index (χ2v) is 8.09. The number of rotatable bonds is 7. The van der Waals surface area contributed by atoms with Crippen LogP contribution in [0.4, 0.5) is 0 Å². The zero-order valence-corrected chi connectivity index (χ0v) is 18.0. The van der Waals surface area contributed by atoms with E-state index in [2.05, 4.69) is 37.3 Å². The first-order valence-electron chi connectivity index (χ1n) is 11.0. The van der Waals surface area contributed by atoms with Gasteiger partial charge in [0.15, 0.2) is 0 Å². The molecule has 1 heterocycles. The molecular formula is C28H28O3. The zero-order valence-electron chi connectivity index (χ0n) is 18.0. The maximum absolute atomic E-state index is 12.9. The number of fused-ring (bicyclic) bond motifs is 1. The minimum Gasteiger partial charge on any atom is -0.507 e. The number of benzene rings is 3. The molecule has 0 aliphatic rings. The van der Waals surface area contributed by atoms with Crippen molar-refractivity contribution in [3.63, 3.8) is 0 Å². The fourth-order valence-electron chi connectivity index (χ4n) is 4.45. The quantitative estimate of drug-likeness (QED) is 0.364. The van der Waals surface area contributed by atoms with Crippen LogP contribution in [-0.2, 0) is 6.42 Å². The minimum atomic E-state index is -0.445. The van der Waals surface area contributed by atoms with Crippen molar-refractivity contribution in [1.82, 2.24) is 0 Å². The van der Waals surface area contributed by atoms with Gasteiger partial charge >= 0.3 is 5.63 Å². The molecule has 4 aromatic rings. The molecule has 3 nitrogen and oxygen atoms in total. The summed E-state index contributed by atoms with van der Waals surface area (Å²) in [6.45, 7) is 4.14. The van der Waals surface area contributed by atoms with E-state index in [0.717, 1.165) is 12.0 Å². The van der Waals surface area contributed by atoms with Crippen molar-refractivity contribution < 1.29 is 9.52 Å². The second kappa shape index (κ2) is 9.22. The highest BCUT2D eigenvalue weighted by Gasteiger charge is 2.23. The minimum absolute atomic E-state index is 0.0234. The molecule has 1 aromatic heterocycles. The molecule has 0 amide bonds. The Morgan fingerprint density at radius 2 is 1.52 bits per heavy atom. The lowest BCUT2D eigenvalue weighted by atomic mass is 9.88. The van der Waals surface area contributed by atoms with Crippen LogP contribution in [0.25, 0.3) is 10.8 Å².